The second-order valence-corrected chi connectivity index (χ2v) is 6.82. The van der Waals surface area contributed by atoms with Crippen LogP contribution in [0.1, 0.15) is 23.7 Å². The van der Waals surface area contributed by atoms with Gasteiger partial charge in [-0.25, -0.2) is 4.79 Å². The molecule has 1 saturated heterocycles. The van der Waals surface area contributed by atoms with E-state index in [0.717, 1.165) is 0 Å². The lowest BCUT2D eigenvalue weighted by atomic mass is 9.97. The smallest absolute Gasteiger partial charge is 0.338 e. The van der Waals surface area contributed by atoms with E-state index in [1.807, 2.05) is 25.1 Å². The van der Waals surface area contributed by atoms with Crippen LogP contribution in [0.2, 0.25) is 0 Å². The molecule has 0 spiro atoms. The van der Waals surface area contributed by atoms with E-state index in [0.29, 0.717) is 23.7 Å². The molecular formula is C22H26O8. The van der Waals surface area contributed by atoms with E-state index in [9.17, 15) is 15.0 Å². The summed E-state index contributed by atoms with van der Waals surface area (Å²) in [4.78, 5) is 12.7. The van der Waals surface area contributed by atoms with Crippen molar-refractivity contribution in [2.75, 3.05) is 14.2 Å². The summed E-state index contributed by atoms with van der Waals surface area (Å²) in [6.45, 7) is 1.81. The van der Waals surface area contributed by atoms with Gasteiger partial charge in [-0.05, 0) is 36.8 Å². The summed E-state index contributed by atoms with van der Waals surface area (Å²) in [6, 6.07) is 13.7. The molecule has 2 aromatic rings. The van der Waals surface area contributed by atoms with Gasteiger partial charge in [-0.1, -0.05) is 25.1 Å². The molecule has 0 aromatic heterocycles. The van der Waals surface area contributed by atoms with Crippen LogP contribution in [0.15, 0.2) is 48.5 Å². The molecule has 1 heterocycles. The average Bonchev–Trinajstić information content (AvgIpc) is 2.78. The molecule has 1 fully saturated rings. The van der Waals surface area contributed by atoms with E-state index < -0.39 is 36.7 Å². The van der Waals surface area contributed by atoms with Crippen molar-refractivity contribution < 1.29 is 38.7 Å². The minimum Gasteiger partial charge on any atom is -0.493 e. The number of aliphatic hydroxyl groups is 2. The van der Waals surface area contributed by atoms with Crippen LogP contribution in [0, 0.1) is 0 Å². The fraction of sp³-hybridized carbons (Fsp3) is 0.409. The fourth-order valence-corrected chi connectivity index (χ4v) is 3.24. The predicted octanol–water partition coefficient (Wildman–Crippen LogP) is 2.52. The van der Waals surface area contributed by atoms with E-state index in [2.05, 4.69) is 0 Å². The lowest BCUT2D eigenvalue weighted by Crippen LogP contribution is -2.59. The molecule has 8 heteroatoms. The summed E-state index contributed by atoms with van der Waals surface area (Å²) in [5.74, 6) is 0.660. The first-order chi connectivity index (χ1) is 14.5. The van der Waals surface area contributed by atoms with Crippen LogP contribution in [-0.4, -0.2) is 61.1 Å². The SMILES string of the molecule is CC[C@H]1O[C@H](OC)[C@H](OC(=O)c2ccc(Oc3ccccc3)c(OC)c2)[C@@H](O)[C@@H]1O. The van der Waals surface area contributed by atoms with Gasteiger partial charge < -0.3 is 33.9 Å². The Morgan fingerprint density at radius 2 is 1.77 bits per heavy atom. The number of hydrogen-bond acceptors (Lipinski definition) is 8. The molecule has 8 nitrogen and oxygen atoms in total. The summed E-state index contributed by atoms with van der Waals surface area (Å²) < 4.78 is 27.3. The van der Waals surface area contributed by atoms with Crippen molar-refractivity contribution in [3.63, 3.8) is 0 Å². The molecule has 5 atom stereocenters. The summed E-state index contributed by atoms with van der Waals surface area (Å²) in [5.41, 5.74) is 0.182. The Morgan fingerprint density at radius 3 is 2.40 bits per heavy atom. The van der Waals surface area contributed by atoms with Crippen molar-refractivity contribution in [1.82, 2.24) is 0 Å². The monoisotopic (exact) mass is 418 g/mol. The first-order valence-electron chi connectivity index (χ1n) is 9.64. The van der Waals surface area contributed by atoms with Crippen LogP contribution >= 0.6 is 0 Å². The Labute approximate surface area is 174 Å². The van der Waals surface area contributed by atoms with Crippen molar-refractivity contribution in [3.05, 3.63) is 54.1 Å². The standard InChI is InChI=1S/C22H26O8/c1-4-15-18(23)19(24)20(22(27-3)29-15)30-21(25)13-10-11-16(17(12-13)26-2)28-14-8-6-5-7-9-14/h5-12,15,18-20,22-24H,4H2,1-3H3/t15-,18-,19+,20-,22+/m1/s1. The zero-order valence-corrected chi connectivity index (χ0v) is 17.1. The van der Waals surface area contributed by atoms with E-state index in [1.165, 1.54) is 26.4 Å². The molecule has 0 bridgehead atoms. The molecule has 0 radical (unpaired) electrons. The van der Waals surface area contributed by atoms with Crippen LogP contribution in [0.5, 0.6) is 17.2 Å². The van der Waals surface area contributed by atoms with Crippen molar-refractivity contribution in [3.8, 4) is 17.2 Å². The summed E-state index contributed by atoms with van der Waals surface area (Å²) >= 11 is 0. The van der Waals surface area contributed by atoms with Crippen molar-refractivity contribution in [2.45, 2.75) is 44.1 Å². The lowest BCUT2D eigenvalue weighted by Gasteiger charge is -2.41. The molecule has 162 valence electrons. The molecule has 0 unspecified atom stereocenters. The van der Waals surface area contributed by atoms with E-state index >= 15 is 0 Å². The molecule has 0 aliphatic carbocycles. The zero-order valence-electron chi connectivity index (χ0n) is 17.1. The van der Waals surface area contributed by atoms with Crippen molar-refractivity contribution in [2.24, 2.45) is 0 Å². The van der Waals surface area contributed by atoms with Gasteiger partial charge in [0.2, 0.25) is 0 Å². The van der Waals surface area contributed by atoms with Crippen LogP contribution in [0.4, 0.5) is 0 Å². The van der Waals surface area contributed by atoms with Crippen molar-refractivity contribution in [1.29, 1.82) is 0 Å². The first-order valence-corrected chi connectivity index (χ1v) is 9.64. The highest BCUT2D eigenvalue weighted by molar-refractivity contribution is 5.90. The number of carbonyl (C=O) groups excluding carboxylic acids is 1. The second-order valence-electron chi connectivity index (χ2n) is 6.82. The second kappa shape index (κ2) is 9.90. The van der Waals surface area contributed by atoms with Gasteiger partial charge in [0.25, 0.3) is 0 Å². The van der Waals surface area contributed by atoms with E-state index in [-0.39, 0.29) is 5.56 Å². The lowest BCUT2D eigenvalue weighted by molar-refractivity contribution is -0.289. The van der Waals surface area contributed by atoms with Gasteiger partial charge in [0, 0.05) is 7.11 Å². The van der Waals surface area contributed by atoms with Gasteiger partial charge in [0.1, 0.15) is 18.0 Å². The molecular weight excluding hydrogens is 392 g/mol. The molecule has 0 saturated carbocycles. The van der Waals surface area contributed by atoms with E-state index in [4.69, 9.17) is 23.7 Å². The van der Waals surface area contributed by atoms with Gasteiger partial charge in [-0.3, -0.25) is 0 Å². The number of methoxy groups -OCH3 is 2. The topological polar surface area (TPSA) is 104 Å². The predicted molar refractivity (Wildman–Crippen MR) is 107 cm³/mol. The van der Waals surface area contributed by atoms with Gasteiger partial charge in [-0.2, -0.15) is 0 Å². The van der Waals surface area contributed by atoms with Crippen LogP contribution in [-0.2, 0) is 14.2 Å². The number of para-hydroxylation sites is 1. The molecule has 1 aliphatic heterocycles. The maximum Gasteiger partial charge on any atom is 0.338 e. The Morgan fingerprint density at radius 1 is 1.03 bits per heavy atom. The highest BCUT2D eigenvalue weighted by atomic mass is 16.7. The normalized spacial score (nSPS) is 26.1. The minimum absolute atomic E-state index is 0.182. The third kappa shape index (κ3) is 4.73. The Kier molecular flexibility index (Phi) is 7.28. The highest BCUT2D eigenvalue weighted by Gasteiger charge is 2.46. The van der Waals surface area contributed by atoms with Crippen molar-refractivity contribution >= 4 is 5.97 Å². The van der Waals surface area contributed by atoms with Crippen LogP contribution in [0.3, 0.4) is 0 Å². The number of benzene rings is 2. The van der Waals surface area contributed by atoms with Crippen LogP contribution < -0.4 is 9.47 Å². The molecule has 2 N–H and O–H groups in total. The van der Waals surface area contributed by atoms with Gasteiger partial charge >= 0.3 is 5.97 Å². The molecule has 0 amide bonds. The number of carbonyl (C=O) groups is 1. The van der Waals surface area contributed by atoms with E-state index in [1.54, 1.807) is 18.2 Å². The largest absolute Gasteiger partial charge is 0.493 e. The zero-order chi connectivity index (χ0) is 21.7. The maximum absolute atomic E-state index is 12.7. The molecule has 1 aliphatic rings. The van der Waals surface area contributed by atoms with Gasteiger partial charge in [-0.15, -0.1) is 0 Å². The first kappa shape index (κ1) is 22.0. The minimum atomic E-state index is -1.35. The summed E-state index contributed by atoms with van der Waals surface area (Å²) in [5, 5.41) is 20.6. The average molecular weight is 418 g/mol. The fourth-order valence-electron chi connectivity index (χ4n) is 3.24. The Balaban J connectivity index is 1.76. The maximum atomic E-state index is 12.7. The Bertz CT molecular complexity index is 838. The molecule has 3 rings (SSSR count). The third-order valence-electron chi connectivity index (χ3n) is 4.89. The summed E-state index contributed by atoms with van der Waals surface area (Å²) in [7, 11) is 2.84. The van der Waals surface area contributed by atoms with Gasteiger partial charge in [0.05, 0.1) is 18.8 Å². The third-order valence-corrected chi connectivity index (χ3v) is 4.89. The van der Waals surface area contributed by atoms with Crippen LogP contribution in [0.25, 0.3) is 0 Å². The molecule has 2 aromatic carbocycles. The quantitative estimate of drug-likeness (QED) is 0.661. The number of ether oxygens (including phenoxy) is 5. The number of rotatable bonds is 7. The highest BCUT2D eigenvalue weighted by Crippen LogP contribution is 2.33. The van der Waals surface area contributed by atoms with Gasteiger partial charge in [0.15, 0.2) is 23.9 Å². The summed E-state index contributed by atoms with van der Waals surface area (Å²) in [6.07, 6.45) is -4.88. The molecule has 30 heavy (non-hydrogen) atoms. The Hall–Kier alpha value is -2.65. The number of aliphatic hydroxyl groups excluding tert-OH is 2. The number of hydrogen-bond donors (Lipinski definition) is 2. The number of esters is 1.